The van der Waals surface area contributed by atoms with Crippen LogP contribution in [0.4, 0.5) is 0 Å². The number of benzene rings is 1. The highest BCUT2D eigenvalue weighted by molar-refractivity contribution is 6.30. The summed E-state index contributed by atoms with van der Waals surface area (Å²) >= 11 is 5.92. The number of hydrogen-bond donors (Lipinski definition) is 2. The van der Waals surface area contributed by atoms with Gasteiger partial charge in [0.15, 0.2) is 5.82 Å². The van der Waals surface area contributed by atoms with Gasteiger partial charge in [0.25, 0.3) is 0 Å². The topological polar surface area (TPSA) is 96.7 Å². The lowest BCUT2D eigenvalue weighted by Gasteiger charge is -2.15. The van der Waals surface area contributed by atoms with Crippen LogP contribution in [0.2, 0.25) is 5.02 Å². The lowest BCUT2D eigenvalue weighted by molar-refractivity contribution is -0.121. The highest BCUT2D eigenvalue weighted by atomic mass is 35.5. The number of carbonyl (C=O) groups excluding carboxylic acids is 1. The third-order valence-corrected chi connectivity index (χ3v) is 3.47. The normalized spacial score (nSPS) is 12.1. The zero-order valence-electron chi connectivity index (χ0n) is 12.3. The first-order valence-corrected chi connectivity index (χ1v) is 7.33. The Balaban J connectivity index is 1.83. The highest BCUT2D eigenvalue weighted by Crippen LogP contribution is 2.21. The van der Waals surface area contributed by atoms with Crippen molar-refractivity contribution in [1.82, 2.24) is 25.7 Å². The Morgan fingerprint density at radius 2 is 2.13 bits per heavy atom. The minimum absolute atomic E-state index is 0.181. The number of hydrogen-bond acceptors (Lipinski definition) is 5. The van der Waals surface area contributed by atoms with E-state index >= 15 is 0 Å². The molecule has 8 heteroatoms. The van der Waals surface area contributed by atoms with Crippen molar-refractivity contribution in [2.24, 2.45) is 0 Å². The van der Waals surface area contributed by atoms with Crippen molar-refractivity contribution >= 4 is 17.5 Å². The standard InChI is InChI=1S/C15H14ClN5O2/c1-9-18-15(21-23-9)14(10-2-4-11(16)5-3-10)19-13(22)8-12-6-7-17-20-12/h2-7,14H,8H2,1H3,(H,17,20)(H,19,22)/t14-/m0/s1. The van der Waals surface area contributed by atoms with Gasteiger partial charge in [-0.2, -0.15) is 10.1 Å². The molecule has 0 spiro atoms. The lowest BCUT2D eigenvalue weighted by atomic mass is 10.1. The maximum atomic E-state index is 12.3. The number of carbonyl (C=O) groups is 1. The molecule has 0 unspecified atom stereocenters. The molecule has 118 valence electrons. The Morgan fingerprint density at radius 3 is 2.74 bits per heavy atom. The van der Waals surface area contributed by atoms with E-state index in [0.29, 0.717) is 16.7 Å². The fourth-order valence-electron chi connectivity index (χ4n) is 2.15. The Kier molecular flexibility index (Phi) is 4.38. The van der Waals surface area contributed by atoms with Gasteiger partial charge in [0.2, 0.25) is 11.8 Å². The molecule has 7 nitrogen and oxygen atoms in total. The zero-order chi connectivity index (χ0) is 16.2. The van der Waals surface area contributed by atoms with Crippen molar-refractivity contribution in [2.45, 2.75) is 19.4 Å². The van der Waals surface area contributed by atoms with Crippen molar-refractivity contribution in [3.05, 3.63) is 64.5 Å². The number of aromatic amines is 1. The minimum Gasteiger partial charge on any atom is -0.342 e. The Labute approximate surface area is 137 Å². The van der Waals surface area contributed by atoms with E-state index in [4.69, 9.17) is 16.1 Å². The monoisotopic (exact) mass is 331 g/mol. The van der Waals surface area contributed by atoms with Crippen molar-refractivity contribution in [3.63, 3.8) is 0 Å². The molecule has 0 saturated carbocycles. The van der Waals surface area contributed by atoms with Gasteiger partial charge in [-0.1, -0.05) is 28.9 Å². The summed E-state index contributed by atoms with van der Waals surface area (Å²) in [6.45, 7) is 1.70. The van der Waals surface area contributed by atoms with E-state index in [1.54, 1.807) is 31.3 Å². The number of nitrogens with zero attached hydrogens (tertiary/aromatic N) is 3. The summed E-state index contributed by atoms with van der Waals surface area (Å²) in [7, 11) is 0. The number of nitrogens with one attached hydrogen (secondary N) is 2. The third-order valence-electron chi connectivity index (χ3n) is 3.22. The van der Waals surface area contributed by atoms with Gasteiger partial charge in [-0.3, -0.25) is 9.89 Å². The maximum Gasteiger partial charge on any atom is 0.226 e. The average molecular weight is 332 g/mol. The van der Waals surface area contributed by atoms with Gasteiger partial charge >= 0.3 is 0 Å². The van der Waals surface area contributed by atoms with Crippen LogP contribution >= 0.6 is 11.6 Å². The molecule has 0 bridgehead atoms. The number of rotatable bonds is 5. The fourth-order valence-corrected chi connectivity index (χ4v) is 2.28. The van der Waals surface area contributed by atoms with Gasteiger partial charge in [0, 0.05) is 23.8 Å². The van der Waals surface area contributed by atoms with Crippen LogP contribution in [-0.4, -0.2) is 26.2 Å². The molecule has 2 N–H and O–H groups in total. The van der Waals surface area contributed by atoms with E-state index in [0.717, 1.165) is 11.3 Å². The molecule has 0 saturated heterocycles. The first-order chi connectivity index (χ1) is 11.1. The summed E-state index contributed by atoms with van der Waals surface area (Å²) in [5.41, 5.74) is 1.54. The molecule has 1 amide bonds. The molecule has 0 aliphatic carbocycles. The van der Waals surface area contributed by atoms with Crippen LogP contribution in [0.1, 0.15) is 29.0 Å². The van der Waals surface area contributed by atoms with Crippen molar-refractivity contribution in [2.75, 3.05) is 0 Å². The summed E-state index contributed by atoms with van der Waals surface area (Å²) in [4.78, 5) is 16.5. The summed E-state index contributed by atoms with van der Waals surface area (Å²) < 4.78 is 5.02. The van der Waals surface area contributed by atoms with Crippen LogP contribution in [0, 0.1) is 6.92 Å². The van der Waals surface area contributed by atoms with Crippen molar-refractivity contribution < 1.29 is 9.32 Å². The van der Waals surface area contributed by atoms with E-state index in [-0.39, 0.29) is 12.3 Å². The van der Waals surface area contributed by atoms with E-state index in [1.165, 1.54) is 0 Å². The van der Waals surface area contributed by atoms with E-state index < -0.39 is 6.04 Å². The molecule has 1 atom stereocenters. The largest absolute Gasteiger partial charge is 0.342 e. The molecule has 3 aromatic rings. The molecule has 2 aromatic heterocycles. The van der Waals surface area contributed by atoms with Crippen LogP contribution in [0.5, 0.6) is 0 Å². The van der Waals surface area contributed by atoms with E-state index in [1.807, 2.05) is 12.1 Å². The summed E-state index contributed by atoms with van der Waals surface area (Å²) in [6, 6.07) is 8.36. The second-order valence-electron chi connectivity index (χ2n) is 4.98. The van der Waals surface area contributed by atoms with Crippen LogP contribution in [0.25, 0.3) is 0 Å². The quantitative estimate of drug-likeness (QED) is 0.747. The predicted octanol–water partition coefficient (Wildman–Crippen LogP) is 2.20. The molecular weight excluding hydrogens is 318 g/mol. The van der Waals surface area contributed by atoms with Crippen LogP contribution < -0.4 is 5.32 Å². The number of halogens is 1. The smallest absolute Gasteiger partial charge is 0.226 e. The van der Waals surface area contributed by atoms with E-state index in [2.05, 4.69) is 25.7 Å². The maximum absolute atomic E-state index is 12.3. The Bertz CT molecular complexity index is 783. The second-order valence-corrected chi connectivity index (χ2v) is 5.42. The van der Waals surface area contributed by atoms with E-state index in [9.17, 15) is 4.79 Å². The Morgan fingerprint density at radius 1 is 1.35 bits per heavy atom. The fraction of sp³-hybridized carbons (Fsp3) is 0.200. The Hall–Kier alpha value is -2.67. The molecule has 0 aliphatic heterocycles. The summed E-state index contributed by atoms with van der Waals surface area (Å²) in [5.74, 6) is 0.640. The molecule has 0 fully saturated rings. The zero-order valence-corrected chi connectivity index (χ0v) is 13.0. The molecule has 0 radical (unpaired) electrons. The molecule has 0 aliphatic rings. The predicted molar refractivity (Wildman–Crippen MR) is 82.8 cm³/mol. The highest BCUT2D eigenvalue weighted by Gasteiger charge is 2.22. The third kappa shape index (κ3) is 3.75. The second kappa shape index (κ2) is 6.62. The SMILES string of the molecule is Cc1nc([C@@H](NC(=O)Cc2ccn[nH]2)c2ccc(Cl)cc2)no1. The first-order valence-electron chi connectivity index (χ1n) is 6.95. The summed E-state index contributed by atoms with van der Waals surface area (Å²) in [5, 5.41) is 14.0. The average Bonchev–Trinajstić information content (AvgIpc) is 3.17. The van der Waals surface area contributed by atoms with Gasteiger partial charge in [-0.05, 0) is 23.8 Å². The molecule has 2 heterocycles. The molecule has 1 aromatic carbocycles. The lowest BCUT2D eigenvalue weighted by Crippen LogP contribution is -2.31. The van der Waals surface area contributed by atoms with Crippen LogP contribution in [0.3, 0.4) is 0 Å². The van der Waals surface area contributed by atoms with Gasteiger partial charge in [-0.15, -0.1) is 0 Å². The van der Waals surface area contributed by atoms with Gasteiger partial charge in [0.1, 0.15) is 6.04 Å². The van der Waals surface area contributed by atoms with Crippen molar-refractivity contribution in [1.29, 1.82) is 0 Å². The number of aromatic nitrogens is 4. The van der Waals surface area contributed by atoms with Crippen LogP contribution in [0.15, 0.2) is 41.1 Å². The van der Waals surface area contributed by atoms with Crippen molar-refractivity contribution in [3.8, 4) is 0 Å². The molecule has 23 heavy (non-hydrogen) atoms. The van der Waals surface area contributed by atoms with Gasteiger partial charge < -0.3 is 9.84 Å². The number of amides is 1. The first kappa shape index (κ1) is 15.2. The number of H-pyrrole nitrogens is 1. The number of aryl methyl sites for hydroxylation is 1. The molecule has 3 rings (SSSR count). The van der Waals surface area contributed by atoms with Crippen LogP contribution in [-0.2, 0) is 11.2 Å². The molecular formula is C15H14ClN5O2. The van der Waals surface area contributed by atoms with Gasteiger partial charge in [-0.25, -0.2) is 0 Å². The van der Waals surface area contributed by atoms with Gasteiger partial charge in [0.05, 0.1) is 6.42 Å². The summed E-state index contributed by atoms with van der Waals surface area (Å²) in [6.07, 6.45) is 1.78. The minimum atomic E-state index is -0.514.